The topological polar surface area (TPSA) is 112 Å². The largest absolute Gasteiger partial charge is 0.375 e. The van der Waals surface area contributed by atoms with E-state index in [-0.39, 0.29) is 4.90 Å². The highest BCUT2D eigenvalue weighted by molar-refractivity contribution is 7.89. The summed E-state index contributed by atoms with van der Waals surface area (Å²) >= 11 is 0. The molecule has 2 saturated heterocycles. The van der Waals surface area contributed by atoms with Gasteiger partial charge in [-0.1, -0.05) is 55.3 Å². The van der Waals surface area contributed by atoms with Gasteiger partial charge in [-0.2, -0.15) is 0 Å². The van der Waals surface area contributed by atoms with Crippen LogP contribution in [0.4, 0.5) is 5.69 Å². The van der Waals surface area contributed by atoms with Gasteiger partial charge < -0.3 is 5.11 Å². The summed E-state index contributed by atoms with van der Waals surface area (Å²) in [6.07, 6.45) is 2.38. The molecule has 8 nitrogen and oxygen atoms in total. The third-order valence-electron chi connectivity index (χ3n) is 7.48. The zero-order valence-corrected chi connectivity index (χ0v) is 21.4. The molecule has 3 heterocycles. The molecule has 6 rings (SSSR count). The van der Waals surface area contributed by atoms with Crippen molar-refractivity contribution in [3.05, 3.63) is 70.8 Å². The Bertz CT molecular complexity index is 1420. The average molecular weight is 509 g/mol. The van der Waals surface area contributed by atoms with Gasteiger partial charge in [-0.15, -0.1) is 0 Å². The number of carbonyl (C=O) groups excluding carboxylic acids is 3. The van der Waals surface area contributed by atoms with Gasteiger partial charge in [0.25, 0.3) is 15.9 Å². The van der Waals surface area contributed by atoms with Gasteiger partial charge in [0, 0.05) is 0 Å². The number of carbonyl (C=O) groups is 3. The third kappa shape index (κ3) is 3.08. The molecule has 0 radical (unpaired) electrons. The van der Waals surface area contributed by atoms with Gasteiger partial charge >= 0.3 is 0 Å². The van der Waals surface area contributed by atoms with Crippen LogP contribution in [0, 0.1) is 32.6 Å². The number of nitrogens with zero attached hydrogens (tertiary/aromatic N) is 2. The number of imide groups is 1. The van der Waals surface area contributed by atoms with Gasteiger partial charge in [-0.3, -0.25) is 14.4 Å². The van der Waals surface area contributed by atoms with Gasteiger partial charge in [-0.25, -0.2) is 17.6 Å². The van der Waals surface area contributed by atoms with Crippen LogP contribution >= 0.6 is 0 Å². The smallest absolute Gasteiger partial charge is 0.274 e. The summed E-state index contributed by atoms with van der Waals surface area (Å²) in [5.74, 6) is -5.01. The highest BCUT2D eigenvalue weighted by atomic mass is 32.2. The van der Waals surface area contributed by atoms with Crippen molar-refractivity contribution in [1.29, 1.82) is 0 Å². The Morgan fingerprint density at radius 2 is 1.58 bits per heavy atom. The highest BCUT2D eigenvalue weighted by Crippen LogP contribution is 2.54. The maximum absolute atomic E-state index is 14.0. The molecule has 3 amide bonds. The number of amides is 3. The van der Waals surface area contributed by atoms with Crippen LogP contribution in [0.3, 0.4) is 0 Å². The Labute approximate surface area is 210 Å². The average Bonchev–Trinajstić information content (AvgIpc) is 3.07. The molecule has 1 aliphatic carbocycles. The predicted octanol–water partition coefficient (Wildman–Crippen LogP) is 2.79. The summed E-state index contributed by atoms with van der Waals surface area (Å²) in [7, 11) is -4.46. The lowest BCUT2D eigenvalue weighted by atomic mass is 9.63. The monoisotopic (exact) mass is 508 g/mol. The van der Waals surface area contributed by atoms with E-state index in [1.54, 1.807) is 56.3 Å². The van der Waals surface area contributed by atoms with Crippen LogP contribution in [0.15, 0.2) is 59.0 Å². The number of hydrogen-bond donors (Lipinski definition) is 1. The van der Waals surface area contributed by atoms with Crippen molar-refractivity contribution < 1.29 is 27.9 Å². The first-order chi connectivity index (χ1) is 17.0. The van der Waals surface area contributed by atoms with Crippen LogP contribution in [-0.2, 0) is 24.4 Å². The zero-order chi connectivity index (χ0) is 26.2. The van der Waals surface area contributed by atoms with E-state index < -0.39 is 51.2 Å². The normalized spacial score (nSPS) is 27.5. The lowest BCUT2D eigenvalue weighted by Crippen LogP contribution is -2.71. The minimum atomic E-state index is -4.46. The van der Waals surface area contributed by atoms with E-state index in [9.17, 15) is 27.9 Å². The van der Waals surface area contributed by atoms with Crippen LogP contribution < -0.4 is 4.90 Å². The second kappa shape index (κ2) is 8.11. The van der Waals surface area contributed by atoms with Gasteiger partial charge in [-0.05, 0) is 56.0 Å². The van der Waals surface area contributed by atoms with Crippen molar-refractivity contribution in [3.63, 3.8) is 0 Å². The van der Waals surface area contributed by atoms with Crippen molar-refractivity contribution in [2.75, 3.05) is 4.90 Å². The minimum absolute atomic E-state index is 0.0312. The summed E-state index contributed by atoms with van der Waals surface area (Å²) < 4.78 is 28.7. The summed E-state index contributed by atoms with van der Waals surface area (Å²) in [4.78, 5) is 42.1. The van der Waals surface area contributed by atoms with E-state index in [2.05, 4.69) is 0 Å². The van der Waals surface area contributed by atoms with E-state index in [1.807, 2.05) is 13.8 Å². The van der Waals surface area contributed by atoms with E-state index in [1.165, 1.54) is 6.08 Å². The van der Waals surface area contributed by atoms with Crippen molar-refractivity contribution >= 4 is 33.4 Å². The Kier molecular flexibility index (Phi) is 5.50. The number of piperidine rings is 1. The lowest BCUT2D eigenvalue weighted by Gasteiger charge is -2.52. The third-order valence-corrected chi connectivity index (χ3v) is 9.57. The van der Waals surface area contributed by atoms with E-state index >= 15 is 0 Å². The van der Waals surface area contributed by atoms with Crippen LogP contribution in [0.2, 0.25) is 0 Å². The quantitative estimate of drug-likeness (QED) is 0.491. The lowest BCUT2D eigenvalue weighted by molar-refractivity contribution is -0.167. The molecule has 2 aromatic carbocycles. The number of aliphatic hydroxyl groups is 1. The van der Waals surface area contributed by atoms with Crippen molar-refractivity contribution in [3.8, 4) is 0 Å². The first-order valence-corrected chi connectivity index (χ1v) is 13.4. The number of fused-ring (bicyclic) bond motifs is 1. The number of hydrogen-bond acceptors (Lipinski definition) is 6. The maximum Gasteiger partial charge on any atom is 0.274 e. The Balaban J connectivity index is 1.71. The summed E-state index contributed by atoms with van der Waals surface area (Å²) in [6.45, 7) is 7.01. The molecule has 4 atom stereocenters. The Morgan fingerprint density at radius 3 is 2.17 bits per heavy atom. The second-order valence-electron chi connectivity index (χ2n) is 9.88. The number of sulfonamides is 1. The molecule has 0 spiro atoms. The molecule has 1 N–H and O–H groups in total. The molecule has 0 saturated carbocycles. The summed E-state index contributed by atoms with van der Waals surface area (Å²) in [5, 5.41) is 11.9. The predicted molar refractivity (Wildman–Crippen MR) is 132 cm³/mol. The molecule has 2 aromatic rings. The molecule has 2 bridgehead atoms. The molecule has 36 heavy (non-hydrogen) atoms. The molecular weight excluding hydrogens is 480 g/mol. The number of aryl methyl sites for hydroxylation is 3. The minimum Gasteiger partial charge on any atom is -0.375 e. The Hall–Kier alpha value is -3.30. The standard InChI is InChI=1S/C27H28N2O6S/c1-5-9-18-14-20-21-22(25(31)28(24(21)30)19-10-7-6-8-11-19)27(18,33)26(32)29(20)36(34,35)23-16(3)12-15(2)13-17(23)4/h6-8,10-14,20-22,33H,5,9H2,1-4H3. The molecule has 9 heteroatoms. The molecule has 0 aromatic heterocycles. The van der Waals surface area contributed by atoms with Crippen LogP contribution in [0.25, 0.3) is 0 Å². The van der Waals surface area contributed by atoms with Crippen molar-refractivity contribution in [2.45, 2.75) is 57.1 Å². The SMILES string of the molecule is CCCC1=CC2C3C(=O)N(c4ccccc4)C(=O)C3C1(O)C(=O)N2S(=O)(=O)c1c(C)cc(C)cc1C. The second-order valence-corrected chi connectivity index (χ2v) is 11.6. The van der Waals surface area contributed by atoms with Gasteiger partial charge in [0.15, 0.2) is 5.60 Å². The van der Waals surface area contributed by atoms with E-state index in [0.717, 1.165) is 10.5 Å². The fraction of sp³-hybridized carbons (Fsp3) is 0.370. The number of anilines is 1. The number of para-hydroxylation sites is 1. The zero-order valence-electron chi connectivity index (χ0n) is 20.6. The van der Waals surface area contributed by atoms with Crippen LogP contribution in [-0.4, -0.2) is 47.2 Å². The van der Waals surface area contributed by atoms with E-state index in [0.29, 0.717) is 39.5 Å². The van der Waals surface area contributed by atoms with Gasteiger partial charge in [0.05, 0.1) is 28.5 Å². The summed E-state index contributed by atoms with van der Waals surface area (Å²) in [5.41, 5.74) is -0.0271. The first-order valence-electron chi connectivity index (χ1n) is 12.0. The van der Waals surface area contributed by atoms with Crippen LogP contribution in [0.1, 0.15) is 36.5 Å². The maximum atomic E-state index is 14.0. The van der Waals surface area contributed by atoms with Crippen LogP contribution in [0.5, 0.6) is 0 Å². The molecule has 4 aliphatic rings. The van der Waals surface area contributed by atoms with Crippen molar-refractivity contribution in [1.82, 2.24) is 4.31 Å². The summed E-state index contributed by atoms with van der Waals surface area (Å²) in [6, 6.07) is 10.5. The fourth-order valence-electron chi connectivity index (χ4n) is 6.21. The molecule has 4 unspecified atom stereocenters. The van der Waals surface area contributed by atoms with Gasteiger partial charge in [0.2, 0.25) is 11.8 Å². The number of rotatable bonds is 5. The number of benzene rings is 2. The van der Waals surface area contributed by atoms with Gasteiger partial charge in [0.1, 0.15) is 0 Å². The molecule has 3 aliphatic heterocycles. The highest BCUT2D eigenvalue weighted by Gasteiger charge is 2.72. The first kappa shape index (κ1) is 24.4. The van der Waals surface area contributed by atoms with E-state index in [4.69, 9.17) is 0 Å². The molecule has 188 valence electrons. The molecular formula is C27H28N2O6S. The Morgan fingerprint density at radius 1 is 0.972 bits per heavy atom. The van der Waals surface area contributed by atoms with Crippen molar-refractivity contribution in [2.24, 2.45) is 11.8 Å². The molecule has 2 fully saturated rings. The fourth-order valence-corrected chi connectivity index (χ4v) is 8.21.